The van der Waals surface area contributed by atoms with Gasteiger partial charge in [0.05, 0.1) is 12.8 Å². The van der Waals surface area contributed by atoms with Crippen LogP contribution in [0.2, 0.25) is 0 Å². The Morgan fingerprint density at radius 1 is 1.23 bits per heavy atom. The minimum Gasteiger partial charge on any atom is -0.493 e. The fraction of sp³-hybridized carbons (Fsp3) is 0.545. The van der Waals surface area contributed by atoms with Gasteiger partial charge in [-0.05, 0) is 38.0 Å². The largest absolute Gasteiger partial charge is 0.493 e. The van der Waals surface area contributed by atoms with Crippen LogP contribution in [0.5, 0.6) is 11.6 Å². The van der Waals surface area contributed by atoms with Crippen molar-refractivity contribution in [1.29, 1.82) is 0 Å². The maximum atomic E-state index is 10.1. The van der Waals surface area contributed by atoms with Crippen molar-refractivity contribution in [3.8, 4) is 11.6 Å². The van der Waals surface area contributed by atoms with Crippen LogP contribution in [-0.4, -0.2) is 64.6 Å². The molecule has 0 radical (unpaired) electrons. The zero-order chi connectivity index (χ0) is 20.9. The predicted molar refractivity (Wildman–Crippen MR) is 114 cm³/mol. The van der Waals surface area contributed by atoms with Crippen molar-refractivity contribution in [3.63, 3.8) is 0 Å². The second kappa shape index (κ2) is 7.28. The summed E-state index contributed by atoms with van der Waals surface area (Å²) in [4.78, 5) is 13.8. The third-order valence-corrected chi connectivity index (χ3v) is 6.40. The van der Waals surface area contributed by atoms with E-state index in [0.717, 1.165) is 45.0 Å². The van der Waals surface area contributed by atoms with E-state index >= 15 is 0 Å². The molecule has 5 rings (SSSR count). The first-order valence-corrected chi connectivity index (χ1v) is 10.7. The van der Waals surface area contributed by atoms with E-state index in [1.54, 1.807) is 6.20 Å². The molecule has 2 atom stereocenters. The maximum Gasteiger partial charge on any atom is 0.243 e. The number of benzene rings is 1. The smallest absolute Gasteiger partial charge is 0.243 e. The number of aromatic nitrogens is 2. The average Bonchev–Trinajstić information content (AvgIpc) is 3.21. The lowest BCUT2D eigenvalue weighted by molar-refractivity contribution is -0.0242. The Morgan fingerprint density at radius 2 is 2.03 bits per heavy atom. The molecule has 3 aliphatic heterocycles. The number of anilines is 2. The molecule has 0 amide bonds. The molecule has 1 saturated heterocycles. The molecule has 160 valence electrons. The third-order valence-electron chi connectivity index (χ3n) is 6.40. The van der Waals surface area contributed by atoms with Crippen LogP contribution in [0.4, 0.5) is 11.6 Å². The summed E-state index contributed by atoms with van der Waals surface area (Å²) in [7, 11) is 0. The lowest BCUT2D eigenvalue weighted by Gasteiger charge is -2.39. The van der Waals surface area contributed by atoms with Gasteiger partial charge in [-0.25, -0.2) is 4.98 Å². The highest BCUT2D eigenvalue weighted by molar-refractivity contribution is 5.56. The minimum absolute atomic E-state index is 0.334. The van der Waals surface area contributed by atoms with Crippen LogP contribution in [0.15, 0.2) is 24.4 Å². The van der Waals surface area contributed by atoms with E-state index in [2.05, 4.69) is 50.2 Å². The molecule has 1 aromatic heterocycles. The second-order valence-electron chi connectivity index (χ2n) is 8.81. The van der Waals surface area contributed by atoms with Gasteiger partial charge in [0.15, 0.2) is 6.23 Å². The van der Waals surface area contributed by atoms with Crippen molar-refractivity contribution in [2.24, 2.45) is 0 Å². The first-order valence-electron chi connectivity index (χ1n) is 10.7. The molecule has 0 spiro atoms. The van der Waals surface area contributed by atoms with Gasteiger partial charge < -0.3 is 24.8 Å². The first-order chi connectivity index (χ1) is 14.4. The van der Waals surface area contributed by atoms with E-state index < -0.39 is 11.8 Å². The molecule has 8 nitrogen and oxygen atoms in total. The molecule has 1 aromatic carbocycles. The number of hydrogen-bond donors (Lipinski definition) is 2. The molecule has 1 fully saturated rings. The molecule has 2 aromatic rings. The molecular formula is C22H29N5O3. The van der Waals surface area contributed by atoms with E-state index in [1.165, 1.54) is 11.1 Å². The Labute approximate surface area is 176 Å². The lowest BCUT2D eigenvalue weighted by atomic mass is 10.0. The number of aliphatic hydroxyl groups excluding tert-OH is 1. The number of aliphatic hydroxyl groups is 1. The van der Waals surface area contributed by atoms with Crippen molar-refractivity contribution in [2.45, 2.75) is 45.1 Å². The molecule has 2 N–H and O–H groups in total. The summed E-state index contributed by atoms with van der Waals surface area (Å²) >= 11 is 0. The molecule has 0 bridgehead atoms. The average molecular weight is 412 g/mol. The van der Waals surface area contributed by atoms with E-state index in [4.69, 9.17) is 9.47 Å². The molecule has 30 heavy (non-hydrogen) atoms. The number of hydrogen-bond acceptors (Lipinski definition) is 8. The Kier molecular flexibility index (Phi) is 4.71. The van der Waals surface area contributed by atoms with Crippen LogP contribution in [-0.2, 0) is 6.42 Å². The summed E-state index contributed by atoms with van der Waals surface area (Å²) in [5.41, 5.74) is 2.49. The Bertz CT molecular complexity index is 942. The molecule has 3 aliphatic rings. The topological polar surface area (TPSA) is 83.0 Å². The maximum absolute atomic E-state index is 10.1. The van der Waals surface area contributed by atoms with E-state index in [1.807, 2.05) is 13.8 Å². The Balaban J connectivity index is 1.25. The number of fused-ring (bicyclic) bond motifs is 2. The fourth-order valence-electron chi connectivity index (χ4n) is 4.28. The van der Waals surface area contributed by atoms with Gasteiger partial charge in [0.1, 0.15) is 17.0 Å². The summed E-state index contributed by atoms with van der Waals surface area (Å²) in [5.74, 6) is 2.20. The van der Waals surface area contributed by atoms with Crippen molar-refractivity contribution in [3.05, 3.63) is 35.5 Å². The van der Waals surface area contributed by atoms with E-state index in [9.17, 15) is 5.11 Å². The van der Waals surface area contributed by atoms with Crippen LogP contribution >= 0.6 is 0 Å². The minimum atomic E-state index is -0.797. The number of piperazine rings is 1. The molecule has 0 saturated carbocycles. The summed E-state index contributed by atoms with van der Waals surface area (Å²) in [6.45, 7) is 10.3. The predicted octanol–water partition coefficient (Wildman–Crippen LogP) is 2.20. The Morgan fingerprint density at radius 3 is 2.83 bits per heavy atom. The van der Waals surface area contributed by atoms with Gasteiger partial charge in [0.25, 0.3) is 0 Å². The van der Waals surface area contributed by atoms with Gasteiger partial charge in [-0.3, -0.25) is 4.90 Å². The van der Waals surface area contributed by atoms with Crippen molar-refractivity contribution >= 4 is 11.6 Å². The van der Waals surface area contributed by atoms with Gasteiger partial charge >= 0.3 is 0 Å². The highest BCUT2D eigenvalue weighted by Crippen LogP contribution is 2.35. The number of rotatable bonds is 3. The highest BCUT2D eigenvalue weighted by Gasteiger charge is 2.37. The van der Waals surface area contributed by atoms with E-state index in [-0.39, 0.29) is 0 Å². The SMILES string of the molecule is CC(c1ccc2c(c1)OCC2)N1CCN(c2ncc3c(n2)OC(C)(C)C(O)N3)CC1. The van der Waals surface area contributed by atoms with Crippen molar-refractivity contribution < 1.29 is 14.6 Å². The quantitative estimate of drug-likeness (QED) is 0.796. The van der Waals surface area contributed by atoms with Gasteiger partial charge in [-0.15, -0.1) is 0 Å². The summed E-state index contributed by atoms with van der Waals surface area (Å²) in [5, 5.41) is 13.1. The van der Waals surface area contributed by atoms with Crippen LogP contribution < -0.4 is 19.7 Å². The number of nitrogens with zero attached hydrogens (tertiary/aromatic N) is 4. The van der Waals surface area contributed by atoms with Gasteiger partial charge in [0, 0.05) is 38.6 Å². The molecule has 4 heterocycles. The number of ether oxygens (including phenoxy) is 2. The van der Waals surface area contributed by atoms with Crippen LogP contribution in [0, 0.1) is 0 Å². The third kappa shape index (κ3) is 3.44. The highest BCUT2D eigenvalue weighted by atomic mass is 16.5. The first kappa shape index (κ1) is 19.4. The zero-order valence-electron chi connectivity index (χ0n) is 17.8. The van der Waals surface area contributed by atoms with Crippen LogP contribution in [0.25, 0.3) is 0 Å². The number of nitrogens with one attached hydrogen (secondary N) is 1. The van der Waals surface area contributed by atoms with Crippen LogP contribution in [0.3, 0.4) is 0 Å². The molecule has 2 unspecified atom stereocenters. The van der Waals surface area contributed by atoms with Gasteiger partial charge in [0.2, 0.25) is 11.8 Å². The summed E-state index contributed by atoms with van der Waals surface area (Å²) in [6, 6.07) is 6.98. The van der Waals surface area contributed by atoms with Gasteiger partial charge in [-0.1, -0.05) is 12.1 Å². The van der Waals surface area contributed by atoms with E-state index in [0.29, 0.717) is 23.6 Å². The zero-order valence-corrected chi connectivity index (χ0v) is 17.8. The van der Waals surface area contributed by atoms with Gasteiger partial charge in [-0.2, -0.15) is 4.98 Å². The normalized spacial score (nSPS) is 23.6. The summed E-state index contributed by atoms with van der Waals surface area (Å²) in [6.07, 6.45) is 1.91. The lowest BCUT2D eigenvalue weighted by Crippen LogP contribution is -2.50. The monoisotopic (exact) mass is 411 g/mol. The van der Waals surface area contributed by atoms with Crippen molar-refractivity contribution in [2.75, 3.05) is 43.0 Å². The summed E-state index contributed by atoms with van der Waals surface area (Å²) < 4.78 is 11.6. The molecule has 8 heteroatoms. The Hall–Kier alpha value is -2.58. The van der Waals surface area contributed by atoms with Crippen LogP contribution in [0.1, 0.15) is 37.9 Å². The fourth-order valence-corrected chi connectivity index (χ4v) is 4.28. The van der Waals surface area contributed by atoms with Crippen molar-refractivity contribution in [1.82, 2.24) is 14.9 Å². The standard InChI is InChI=1S/C22H29N5O3/c1-14(16-5-4-15-6-11-29-18(15)12-16)26-7-9-27(10-8-26)21-23-13-17-19(25-21)30-22(2,3)20(28)24-17/h4-5,12-14,20,24,28H,6-11H2,1-3H3. The molecular weight excluding hydrogens is 382 g/mol. The second-order valence-corrected chi connectivity index (χ2v) is 8.81. The molecule has 0 aliphatic carbocycles.